The van der Waals surface area contributed by atoms with Crippen molar-refractivity contribution >= 4 is 12.1 Å². The molecule has 0 saturated carbocycles. The standard InChI is InChI=1S/C12H23NO5/c1-6-9(16-5)10(14)17-8-7-13-11(15)18-12(2,3)4/h9H,6-8H2,1-5H3,(H,13,15). The highest BCUT2D eigenvalue weighted by Gasteiger charge is 2.18. The van der Waals surface area contributed by atoms with E-state index < -0.39 is 23.8 Å². The minimum atomic E-state index is -0.550. The van der Waals surface area contributed by atoms with Gasteiger partial charge in [0.15, 0.2) is 6.10 Å². The summed E-state index contributed by atoms with van der Waals surface area (Å²) in [6.45, 7) is 7.46. The van der Waals surface area contributed by atoms with Crippen LogP contribution in [-0.2, 0) is 19.0 Å². The normalized spacial score (nSPS) is 12.7. The van der Waals surface area contributed by atoms with E-state index in [0.29, 0.717) is 6.42 Å². The molecule has 6 nitrogen and oxygen atoms in total. The van der Waals surface area contributed by atoms with Crippen LogP contribution >= 0.6 is 0 Å². The second-order valence-electron chi connectivity index (χ2n) is 4.73. The highest BCUT2D eigenvalue weighted by atomic mass is 16.6. The van der Waals surface area contributed by atoms with Crippen molar-refractivity contribution in [1.82, 2.24) is 5.32 Å². The second kappa shape index (κ2) is 7.92. The number of nitrogens with one attached hydrogen (secondary N) is 1. The quantitative estimate of drug-likeness (QED) is 0.579. The Morgan fingerprint density at radius 3 is 2.33 bits per heavy atom. The summed E-state index contributed by atoms with van der Waals surface area (Å²) in [6, 6.07) is 0. The van der Waals surface area contributed by atoms with Crippen molar-refractivity contribution in [2.24, 2.45) is 0 Å². The van der Waals surface area contributed by atoms with Crippen LogP contribution < -0.4 is 5.32 Å². The van der Waals surface area contributed by atoms with Crippen molar-refractivity contribution in [3.8, 4) is 0 Å². The molecule has 0 fully saturated rings. The molecule has 0 aromatic carbocycles. The molecule has 0 aliphatic rings. The fourth-order valence-corrected chi connectivity index (χ4v) is 1.14. The highest BCUT2D eigenvalue weighted by Crippen LogP contribution is 2.06. The number of ether oxygens (including phenoxy) is 3. The lowest BCUT2D eigenvalue weighted by Gasteiger charge is -2.19. The van der Waals surface area contributed by atoms with Gasteiger partial charge in [0.05, 0.1) is 6.54 Å². The molecule has 0 aliphatic carbocycles. The van der Waals surface area contributed by atoms with Gasteiger partial charge in [-0.05, 0) is 27.2 Å². The molecule has 0 saturated heterocycles. The molecule has 18 heavy (non-hydrogen) atoms. The van der Waals surface area contributed by atoms with Crippen molar-refractivity contribution < 1.29 is 23.8 Å². The number of alkyl carbamates (subject to hydrolysis) is 1. The first-order valence-electron chi connectivity index (χ1n) is 5.96. The summed E-state index contributed by atoms with van der Waals surface area (Å²) < 4.78 is 14.9. The monoisotopic (exact) mass is 261 g/mol. The number of carbonyl (C=O) groups excluding carboxylic acids is 2. The molecule has 0 heterocycles. The van der Waals surface area contributed by atoms with Gasteiger partial charge < -0.3 is 19.5 Å². The van der Waals surface area contributed by atoms with E-state index in [9.17, 15) is 9.59 Å². The lowest BCUT2D eigenvalue weighted by Crippen LogP contribution is -2.35. The van der Waals surface area contributed by atoms with E-state index in [1.807, 2.05) is 6.92 Å². The van der Waals surface area contributed by atoms with E-state index >= 15 is 0 Å². The fraction of sp³-hybridized carbons (Fsp3) is 0.833. The second-order valence-corrected chi connectivity index (χ2v) is 4.73. The molecule has 1 atom stereocenters. The molecule has 6 heteroatoms. The van der Waals surface area contributed by atoms with E-state index in [1.54, 1.807) is 20.8 Å². The van der Waals surface area contributed by atoms with Gasteiger partial charge in [0, 0.05) is 7.11 Å². The zero-order chi connectivity index (χ0) is 14.2. The van der Waals surface area contributed by atoms with Crippen LogP contribution in [0.25, 0.3) is 0 Å². The molecule has 1 unspecified atom stereocenters. The predicted octanol–water partition coefficient (Wildman–Crippen LogP) is 1.48. The number of amides is 1. The summed E-state index contributed by atoms with van der Waals surface area (Å²) in [5.41, 5.74) is -0.538. The first-order chi connectivity index (χ1) is 8.30. The Morgan fingerprint density at radius 2 is 1.89 bits per heavy atom. The molecule has 1 amide bonds. The fourth-order valence-electron chi connectivity index (χ4n) is 1.14. The summed E-state index contributed by atoms with van der Waals surface area (Å²) in [4.78, 5) is 22.6. The lowest BCUT2D eigenvalue weighted by molar-refractivity contribution is -0.155. The molecule has 0 rings (SSSR count). The van der Waals surface area contributed by atoms with Gasteiger partial charge in [-0.3, -0.25) is 0 Å². The molecule has 0 aromatic rings. The van der Waals surface area contributed by atoms with E-state index in [-0.39, 0.29) is 13.2 Å². The van der Waals surface area contributed by atoms with Crippen LogP contribution in [0, 0.1) is 0 Å². The summed E-state index contributed by atoms with van der Waals surface area (Å²) in [5, 5.41) is 2.49. The number of esters is 1. The highest BCUT2D eigenvalue weighted by molar-refractivity contribution is 5.74. The van der Waals surface area contributed by atoms with E-state index in [1.165, 1.54) is 7.11 Å². The van der Waals surface area contributed by atoms with Gasteiger partial charge in [-0.15, -0.1) is 0 Å². The van der Waals surface area contributed by atoms with Crippen molar-refractivity contribution in [1.29, 1.82) is 0 Å². The molecule has 0 radical (unpaired) electrons. The minimum Gasteiger partial charge on any atom is -0.462 e. The first kappa shape index (κ1) is 16.7. The van der Waals surface area contributed by atoms with E-state index in [4.69, 9.17) is 14.2 Å². The summed E-state index contributed by atoms with van der Waals surface area (Å²) in [5.74, 6) is -0.425. The van der Waals surface area contributed by atoms with E-state index in [2.05, 4.69) is 5.32 Å². The Kier molecular flexibility index (Phi) is 7.35. The summed E-state index contributed by atoms with van der Waals surface area (Å²) in [6.07, 6.45) is -0.529. The first-order valence-corrected chi connectivity index (χ1v) is 5.96. The van der Waals surface area contributed by atoms with Crippen LogP contribution in [0.4, 0.5) is 4.79 Å². The molecule has 0 aromatic heterocycles. The maximum atomic E-state index is 11.4. The number of rotatable bonds is 6. The smallest absolute Gasteiger partial charge is 0.407 e. The van der Waals surface area contributed by atoms with Crippen LogP contribution in [0.3, 0.4) is 0 Å². The number of methoxy groups -OCH3 is 1. The minimum absolute atomic E-state index is 0.0952. The molecular formula is C12H23NO5. The SMILES string of the molecule is CCC(OC)C(=O)OCCNC(=O)OC(C)(C)C. The maximum absolute atomic E-state index is 11.4. The molecule has 0 aliphatic heterocycles. The summed E-state index contributed by atoms with van der Waals surface area (Å²) in [7, 11) is 1.45. The molecule has 0 spiro atoms. The van der Waals surface area contributed by atoms with Gasteiger partial charge in [0.25, 0.3) is 0 Å². The van der Waals surface area contributed by atoms with Crippen LogP contribution in [0.15, 0.2) is 0 Å². The predicted molar refractivity (Wildman–Crippen MR) is 66.3 cm³/mol. The third kappa shape index (κ3) is 7.89. The van der Waals surface area contributed by atoms with Crippen molar-refractivity contribution in [3.05, 3.63) is 0 Å². The Hall–Kier alpha value is -1.30. The summed E-state index contributed by atoms with van der Waals surface area (Å²) >= 11 is 0. The van der Waals surface area contributed by atoms with Crippen LogP contribution in [0.5, 0.6) is 0 Å². The topological polar surface area (TPSA) is 73.9 Å². The maximum Gasteiger partial charge on any atom is 0.407 e. The number of carbonyl (C=O) groups is 2. The van der Waals surface area contributed by atoms with Crippen molar-refractivity contribution in [3.63, 3.8) is 0 Å². The Bertz CT molecular complexity index is 268. The average Bonchev–Trinajstić information content (AvgIpc) is 2.23. The van der Waals surface area contributed by atoms with Gasteiger partial charge in [0.1, 0.15) is 12.2 Å². The largest absolute Gasteiger partial charge is 0.462 e. The number of hydrogen-bond acceptors (Lipinski definition) is 5. The molecule has 0 bridgehead atoms. The number of hydrogen-bond donors (Lipinski definition) is 1. The zero-order valence-electron chi connectivity index (χ0n) is 11.7. The van der Waals surface area contributed by atoms with Gasteiger partial charge in [-0.25, -0.2) is 9.59 Å². The third-order valence-electron chi connectivity index (χ3n) is 1.93. The van der Waals surface area contributed by atoms with Crippen molar-refractivity contribution in [2.75, 3.05) is 20.3 Å². The van der Waals surface area contributed by atoms with Crippen LogP contribution in [0.2, 0.25) is 0 Å². The lowest BCUT2D eigenvalue weighted by atomic mass is 10.2. The van der Waals surface area contributed by atoms with Gasteiger partial charge in [-0.1, -0.05) is 6.92 Å². The van der Waals surface area contributed by atoms with Crippen LogP contribution in [0.1, 0.15) is 34.1 Å². The van der Waals surface area contributed by atoms with Gasteiger partial charge >= 0.3 is 12.1 Å². The Morgan fingerprint density at radius 1 is 1.28 bits per heavy atom. The van der Waals surface area contributed by atoms with Gasteiger partial charge in [-0.2, -0.15) is 0 Å². The Labute approximate surface area is 108 Å². The molecule has 1 N–H and O–H groups in total. The molecular weight excluding hydrogens is 238 g/mol. The van der Waals surface area contributed by atoms with Crippen molar-refractivity contribution in [2.45, 2.75) is 45.8 Å². The van der Waals surface area contributed by atoms with E-state index in [0.717, 1.165) is 0 Å². The van der Waals surface area contributed by atoms with Crippen LogP contribution in [-0.4, -0.2) is 44.0 Å². The molecule has 106 valence electrons. The van der Waals surface area contributed by atoms with Gasteiger partial charge in [0.2, 0.25) is 0 Å². The third-order valence-corrected chi connectivity index (χ3v) is 1.93. The average molecular weight is 261 g/mol. The zero-order valence-corrected chi connectivity index (χ0v) is 11.7. The Balaban J connectivity index is 3.74.